The molecular formula is C19H26FN3O3S. The average Bonchev–Trinajstić information content (AvgIpc) is 2.68. The molecular weight excluding hydrogens is 369 g/mol. The quantitative estimate of drug-likeness (QED) is 0.660. The second kappa shape index (κ2) is 9.41. The first-order valence-corrected chi connectivity index (χ1v) is 10.4. The van der Waals surface area contributed by atoms with Crippen molar-refractivity contribution in [1.82, 2.24) is 15.5 Å². The van der Waals surface area contributed by atoms with Crippen molar-refractivity contribution >= 4 is 23.7 Å². The first-order valence-electron chi connectivity index (χ1n) is 9.39. The average molecular weight is 396 g/mol. The van der Waals surface area contributed by atoms with Gasteiger partial charge in [-0.1, -0.05) is 25.0 Å². The van der Waals surface area contributed by atoms with Gasteiger partial charge in [-0.25, -0.2) is 9.18 Å². The second-order valence-corrected chi connectivity index (χ2v) is 8.15. The Bertz CT molecular complexity index is 658. The van der Waals surface area contributed by atoms with Gasteiger partial charge in [-0.3, -0.25) is 4.79 Å². The van der Waals surface area contributed by atoms with Crippen molar-refractivity contribution in [2.24, 2.45) is 5.92 Å². The number of hydrogen-bond donors (Lipinski definition) is 3. The van der Waals surface area contributed by atoms with E-state index in [-0.39, 0.29) is 47.4 Å². The normalized spacial score (nSPS) is 24.9. The van der Waals surface area contributed by atoms with Crippen LogP contribution in [0.15, 0.2) is 24.3 Å². The zero-order valence-electron chi connectivity index (χ0n) is 15.2. The summed E-state index contributed by atoms with van der Waals surface area (Å²) in [4.78, 5) is 26.3. The van der Waals surface area contributed by atoms with Crippen molar-refractivity contribution in [3.05, 3.63) is 35.6 Å². The molecule has 3 amide bonds. The molecule has 1 saturated carbocycles. The fraction of sp³-hybridized carbons (Fsp3) is 0.579. The van der Waals surface area contributed by atoms with Crippen molar-refractivity contribution in [3.63, 3.8) is 0 Å². The maximum absolute atomic E-state index is 12.9. The van der Waals surface area contributed by atoms with Crippen molar-refractivity contribution in [2.45, 2.75) is 43.6 Å². The van der Waals surface area contributed by atoms with Crippen LogP contribution in [-0.4, -0.2) is 52.3 Å². The summed E-state index contributed by atoms with van der Waals surface area (Å²) in [6, 6.07) is 6.01. The topological polar surface area (TPSA) is 81.7 Å². The molecule has 0 aromatic heterocycles. The SMILES string of the molecule is O=C(CSC1NC(=O)N(CCO)C2CCCCC12)NCc1ccc(F)cc1. The first kappa shape index (κ1) is 19.9. The van der Waals surface area contributed by atoms with E-state index in [1.807, 2.05) is 0 Å². The Morgan fingerprint density at radius 2 is 2.04 bits per heavy atom. The number of thioether (sulfide) groups is 1. The van der Waals surface area contributed by atoms with Gasteiger partial charge in [0.1, 0.15) is 5.82 Å². The van der Waals surface area contributed by atoms with Crippen molar-refractivity contribution < 1.29 is 19.1 Å². The minimum absolute atomic E-state index is 0.0414. The van der Waals surface area contributed by atoms with Gasteiger partial charge in [-0.15, -0.1) is 11.8 Å². The molecule has 0 spiro atoms. The van der Waals surface area contributed by atoms with Crippen LogP contribution in [0.2, 0.25) is 0 Å². The first-order chi connectivity index (χ1) is 13.1. The zero-order chi connectivity index (χ0) is 19.2. The fourth-order valence-corrected chi connectivity index (χ4v) is 5.08. The van der Waals surface area contributed by atoms with Crippen molar-refractivity contribution in [2.75, 3.05) is 18.9 Å². The third-order valence-corrected chi connectivity index (χ3v) is 6.49. The molecule has 6 nitrogen and oxygen atoms in total. The van der Waals surface area contributed by atoms with E-state index in [2.05, 4.69) is 10.6 Å². The Labute approximate surface area is 162 Å². The monoisotopic (exact) mass is 395 g/mol. The molecule has 3 unspecified atom stereocenters. The third-order valence-electron chi connectivity index (χ3n) is 5.24. The summed E-state index contributed by atoms with van der Waals surface area (Å²) < 4.78 is 12.9. The molecule has 2 aliphatic rings. The van der Waals surface area contributed by atoms with Crippen LogP contribution in [0, 0.1) is 11.7 Å². The number of halogens is 1. The van der Waals surface area contributed by atoms with Crippen LogP contribution in [-0.2, 0) is 11.3 Å². The summed E-state index contributed by atoms with van der Waals surface area (Å²) in [6.07, 6.45) is 4.18. The molecule has 3 atom stereocenters. The molecule has 3 N–H and O–H groups in total. The Hall–Kier alpha value is -1.80. The molecule has 2 fully saturated rings. The maximum Gasteiger partial charge on any atom is 0.318 e. The summed E-state index contributed by atoms with van der Waals surface area (Å²) in [7, 11) is 0. The highest BCUT2D eigenvalue weighted by Crippen LogP contribution is 2.37. The molecule has 3 rings (SSSR count). The Morgan fingerprint density at radius 1 is 1.30 bits per heavy atom. The number of carbonyl (C=O) groups is 2. The predicted octanol–water partition coefficient (Wildman–Crippen LogP) is 2.08. The van der Waals surface area contributed by atoms with Crippen LogP contribution < -0.4 is 10.6 Å². The minimum Gasteiger partial charge on any atom is -0.395 e. The number of carbonyl (C=O) groups excluding carboxylic acids is 2. The number of fused-ring (bicyclic) bond motifs is 1. The fourth-order valence-electron chi connectivity index (χ4n) is 3.90. The third kappa shape index (κ3) is 5.13. The van der Waals surface area contributed by atoms with Crippen molar-refractivity contribution in [3.8, 4) is 0 Å². The van der Waals surface area contributed by atoms with E-state index in [1.165, 1.54) is 23.9 Å². The number of aliphatic hydroxyl groups is 1. The molecule has 0 radical (unpaired) electrons. The molecule has 1 heterocycles. The van der Waals surface area contributed by atoms with Gasteiger partial charge in [-0.2, -0.15) is 0 Å². The van der Waals surface area contributed by atoms with E-state index in [9.17, 15) is 19.1 Å². The summed E-state index contributed by atoms with van der Waals surface area (Å²) in [6.45, 7) is 0.663. The molecule has 1 saturated heterocycles. The van der Waals surface area contributed by atoms with Gasteiger partial charge in [0.25, 0.3) is 0 Å². The minimum atomic E-state index is -0.300. The van der Waals surface area contributed by atoms with E-state index in [4.69, 9.17) is 0 Å². The van der Waals surface area contributed by atoms with Crippen LogP contribution in [0.25, 0.3) is 0 Å². The van der Waals surface area contributed by atoms with Gasteiger partial charge in [0.2, 0.25) is 5.91 Å². The van der Waals surface area contributed by atoms with Crippen LogP contribution in [0.1, 0.15) is 31.2 Å². The number of rotatable bonds is 7. The lowest BCUT2D eigenvalue weighted by molar-refractivity contribution is -0.118. The number of benzene rings is 1. The highest BCUT2D eigenvalue weighted by Gasteiger charge is 2.42. The molecule has 8 heteroatoms. The number of urea groups is 1. The number of aliphatic hydroxyl groups excluding tert-OH is 1. The summed E-state index contributed by atoms with van der Waals surface area (Å²) in [5.74, 6) is 0.141. The van der Waals surface area contributed by atoms with Crippen LogP contribution in [0.3, 0.4) is 0 Å². The number of nitrogens with one attached hydrogen (secondary N) is 2. The van der Waals surface area contributed by atoms with E-state index >= 15 is 0 Å². The van der Waals surface area contributed by atoms with Gasteiger partial charge in [0, 0.05) is 25.0 Å². The summed E-state index contributed by atoms with van der Waals surface area (Å²) in [5, 5.41) is 15.0. The Morgan fingerprint density at radius 3 is 2.78 bits per heavy atom. The van der Waals surface area contributed by atoms with Gasteiger partial charge in [-0.05, 0) is 30.5 Å². The van der Waals surface area contributed by atoms with E-state index in [1.54, 1.807) is 17.0 Å². The van der Waals surface area contributed by atoms with Crippen molar-refractivity contribution in [1.29, 1.82) is 0 Å². The van der Waals surface area contributed by atoms with E-state index in [0.717, 1.165) is 31.2 Å². The number of amides is 3. The maximum atomic E-state index is 12.9. The summed E-state index contributed by atoms with van der Waals surface area (Å²) in [5.41, 5.74) is 0.840. The lowest BCUT2D eigenvalue weighted by Gasteiger charge is -2.47. The molecule has 0 bridgehead atoms. The van der Waals surface area contributed by atoms with Gasteiger partial charge < -0.3 is 20.6 Å². The molecule has 1 aliphatic carbocycles. The Kier molecular flexibility index (Phi) is 6.95. The van der Waals surface area contributed by atoms with Gasteiger partial charge >= 0.3 is 6.03 Å². The standard InChI is InChI=1S/C19H26FN3O3S/c20-14-7-5-13(6-8-14)11-21-17(25)12-27-18-15-3-1-2-4-16(15)23(9-10-24)19(26)22-18/h5-8,15-16,18,24H,1-4,9-12H2,(H,21,25)(H,22,26). The second-order valence-electron chi connectivity index (χ2n) is 7.02. The zero-order valence-corrected chi connectivity index (χ0v) is 16.0. The highest BCUT2D eigenvalue weighted by molar-refractivity contribution is 8.00. The molecule has 1 aromatic rings. The summed E-state index contributed by atoms with van der Waals surface area (Å²) >= 11 is 1.46. The number of hydrogen-bond acceptors (Lipinski definition) is 4. The lowest BCUT2D eigenvalue weighted by atomic mass is 9.82. The number of nitrogens with zero attached hydrogens (tertiary/aromatic N) is 1. The predicted molar refractivity (Wildman–Crippen MR) is 103 cm³/mol. The van der Waals surface area contributed by atoms with Gasteiger partial charge in [0.05, 0.1) is 17.7 Å². The van der Waals surface area contributed by atoms with E-state index < -0.39 is 0 Å². The van der Waals surface area contributed by atoms with Crippen LogP contribution >= 0.6 is 11.8 Å². The van der Waals surface area contributed by atoms with Crippen LogP contribution in [0.4, 0.5) is 9.18 Å². The lowest BCUT2D eigenvalue weighted by Crippen LogP contribution is -2.62. The largest absolute Gasteiger partial charge is 0.395 e. The highest BCUT2D eigenvalue weighted by atomic mass is 32.2. The van der Waals surface area contributed by atoms with E-state index in [0.29, 0.717) is 13.1 Å². The van der Waals surface area contributed by atoms with Crippen LogP contribution in [0.5, 0.6) is 0 Å². The smallest absolute Gasteiger partial charge is 0.318 e. The van der Waals surface area contributed by atoms with Gasteiger partial charge in [0.15, 0.2) is 0 Å². The molecule has 1 aromatic carbocycles. The Balaban J connectivity index is 1.51. The molecule has 1 aliphatic heterocycles. The number of β-amino-alcohol motifs (C(OH)–C–C–N with tert-alkyl or cyclic N) is 1. The molecule has 148 valence electrons. The molecule has 27 heavy (non-hydrogen) atoms.